The number of rotatable bonds is 6. The van der Waals surface area contributed by atoms with E-state index in [-0.39, 0.29) is 28.5 Å². The van der Waals surface area contributed by atoms with Crippen molar-refractivity contribution in [3.63, 3.8) is 0 Å². The molecule has 1 aliphatic carbocycles. The number of amides is 3. The molecule has 5 rings (SSSR count). The molecule has 1 heterocycles. The first-order valence-electron chi connectivity index (χ1n) is 12.4. The van der Waals surface area contributed by atoms with Gasteiger partial charge in [0, 0.05) is 21.2 Å². The first kappa shape index (κ1) is 25.2. The van der Waals surface area contributed by atoms with E-state index in [1.165, 1.54) is 11.8 Å². The Morgan fingerprint density at radius 2 is 1.70 bits per heavy atom. The summed E-state index contributed by atoms with van der Waals surface area (Å²) in [6.45, 7) is 4.01. The van der Waals surface area contributed by atoms with Gasteiger partial charge in [0.1, 0.15) is 0 Å². The maximum absolute atomic E-state index is 13.6. The van der Waals surface area contributed by atoms with E-state index in [0.29, 0.717) is 12.1 Å². The Morgan fingerprint density at radius 3 is 2.51 bits per heavy atom. The summed E-state index contributed by atoms with van der Waals surface area (Å²) in [5, 5.41) is 6.05. The number of hydrogen-bond donors (Lipinski definition) is 2. The first-order valence-corrected chi connectivity index (χ1v) is 14.1. The highest BCUT2D eigenvalue weighted by Crippen LogP contribution is 2.43. The molecule has 3 amide bonds. The Labute approximate surface area is 226 Å². The maximum atomic E-state index is 13.6. The van der Waals surface area contributed by atoms with Crippen LogP contribution >= 0.6 is 23.5 Å². The van der Waals surface area contributed by atoms with Crippen molar-refractivity contribution in [1.29, 1.82) is 0 Å². The van der Waals surface area contributed by atoms with Crippen molar-refractivity contribution in [1.82, 2.24) is 0 Å². The number of aryl methyl sites for hydroxylation is 1. The highest BCUT2D eigenvalue weighted by molar-refractivity contribution is 8.00. The van der Waals surface area contributed by atoms with Gasteiger partial charge < -0.3 is 10.6 Å². The molecule has 7 heteroatoms. The van der Waals surface area contributed by atoms with E-state index in [0.717, 1.165) is 26.7 Å². The number of para-hydroxylation sites is 1. The van der Waals surface area contributed by atoms with E-state index in [1.54, 1.807) is 11.8 Å². The van der Waals surface area contributed by atoms with Crippen LogP contribution < -0.4 is 15.5 Å². The van der Waals surface area contributed by atoms with Gasteiger partial charge in [0.25, 0.3) is 0 Å². The molecule has 0 saturated carbocycles. The number of fused-ring (bicyclic) bond motifs is 2. The lowest BCUT2D eigenvalue weighted by atomic mass is 10.1. The van der Waals surface area contributed by atoms with Crippen LogP contribution in [0, 0.1) is 6.92 Å². The Bertz CT molecular complexity index is 1370. The quantitative estimate of drug-likeness (QED) is 0.326. The van der Waals surface area contributed by atoms with Gasteiger partial charge >= 0.3 is 6.03 Å². The van der Waals surface area contributed by atoms with Crippen molar-refractivity contribution in [2.24, 2.45) is 0 Å². The van der Waals surface area contributed by atoms with Gasteiger partial charge in [-0.25, -0.2) is 4.79 Å². The topological polar surface area (TPSA) is 61.4 Å². The zero-order chi connectivity index (χ0) is 25.8. The number of hydrogen-bond acceptors (Lipinski definition) is 4. The maximum Gasteiger partial charge on any atom is 0.326 e. The Kier molecular flexibility index (Phi) is 7.72. The van der Waals surface area contributed by atoms with Crippen LogP contribution in [0.2, 0.25) is 0 Å². The molecule has 3 aromatic rings. The Hall–Kier alpha value is -3.42. The molecular formula is C30H29N3O2S2. The number of thioether (sulfide) groups is 2. The average molecular weight is 528 g/mol. The minimum absolute atomic E-state index is 0.0295. The molecule has 2 N–H and O–H groups in total. The van der Waals surface area contributed by atoms with Crippen molar-refractivity contribution in [2.45, 2.75) is 46.6 Å². The standard InChI is InChI=1S/C30H29N3O2S2/c1-3-26(29(34)31-21-11-8-10-20(2)18-21)36-23-13-9-12-22(19-23)32-30(35)33-24-14-4-6-16-27(24)37-28-17-7-5-15-25(28)33/h4-19,24,26-27H,3H2,1-2H3,(H,31,34)(H,32,35). The fraction of sp³-hybridized carbons (Fsp3) is 0.200. The SMILES string of the molecule is CCC(Sc1cccc(NC(=O)N2c3ccccc3SC3C=CC=CC32)c1)C(=O)Nc1cccc(C)c1. The first-order chi connectivity index (χ1) is 18.0. The van der Waals surface area contributed by atoms with E-state index in [2.05, 4.69) is 28.9 Å². The molecule has 3 aromatic carbocycles. The van der Waals surface area contributed by atoms with Gasteiger partial charge in [0.05, 0.1) is 22.2 Å². The van der Waals surface area contributed by atoms with E-state index in [4.69, 9.17) is 0 Å². The molecule has 5 nitrogen and oxygen atoms in total. The van der Waals surface area contributed by atoms with Crippen LogP contribution in [0.4, 0.5) is 21.9 Å². The molecule has 0 aromatic heterocycles. The van der Waals surface area contributed by atoms with E-state index < -0.39 is 0 Å². The summed E-state index contributed by atoms with van der Waals surface area (Å²) < 4.78 is 0. The number of nitrogens with one attached hydrogen (secondary N) is 2. The zero-order valence-electron chi connectivity index (χ0n) is 20.8. The summed E-state index contributed by atoms with van der Waals surface area (Å²) >= 11 is 3.29. The third kappa shape index (κ3) is 5.78. The van der Waals surface area contributed by atoms with Gasteiger partial charge in [-0.15, -0.1) is 23.5 Å². The molecule has 1 aliphatic heterocycles. The molecule has 3 unspecified atom stereocenters. The van der Waals surface area contributed by atoms with Crippen molar-refractivity contribution < 1.29 is 9.59 Å². The predicted octanol–water partition coefficient (Wildman–Crippen LogP) is 7.51. The summed E-state index contributed by atoms with van der Waals surface area (Å²) in [5.41, 5.74) is 3.51. The number of urea groups is 1. The van der Waals surface area contributed by atoms with Crippen molar-refractivity contribution in [2.75, 3.05) is 15.5 Å². The third-order valence-corrected chi connectivity index (χ3v) is 8.94. The predicted molar refractivity (Wildman–Crippen MR) is 156 cm³/mol. The third-order valence-electron chi connectivity index (χ3n) is 6.27. The van der Waals surface area contributed by atoms with Gasteiger partial charge in [-0.05, 0) is 61.4 Å². The molecule has 37 heavy (non-hydrogen) atoms. The van der Waals surface area contributed by atoms with Gasteiger partial charge in [-0.1, -0.05) is 61.6 Å². The van der Waals surface area contributed by atoms with Gasteiger partial charge in [-0.3, -0.25) is 9.69 Å². The fourth-order valence-corrected chi connectivity index (χ4v) is 6.76. The van der Waals surface area contributed by atoms with Crippen LogP contribution in [0.15, 0.2) is 107 Å². The summed E-state index contributed by atoms with van der Waals surface area (Å²) in [7, 11) is 0. The normalized spacial score (nSPS) is 18.5. The highest BCUT2D eigenvalue weighted by atomic mass is 32.2. The minimum atomic E-state index is -0.252. The Morgan fingerprint density at radius 1 is 0.946 bits per heavy atom. The van der Waals surface area contributed by atoms with Gasteiger partial charge in [-0.2, -0.15) is 0 Å². The zero-order valence-corrected chi connectivity index (χ0v) is 22.4. The molecule has 0 spiro atoms. The number of allylic oxidation sites excluding steroid dienone is 2. The summed E-state index contributed by atoms with van der Waals surface area (Å²) in [4.78, 5) is 30.4. The monoisotopic (exact) mass is 527 g/mol. The van der Waals surface area contributed by atoms with Gasteiger partial charge in [0.15, 0.2) is 0 Å². The van der Waals surface area contributed by atoms with Crippen molar-refractivity contribution in [3.05, 3.63) is 103 Å². The van der Waals surface area contributed by atoms with Crippen LogP contribution in [0.1, 0.15) is 18.9 Å². The molecular weight excluding hydrogens is 498 g/mol. The number of carbonyl (C=O) groups is 2. The second-order valence-electron chi connectivity index (χ2n) is 9.01. The summed E-state index contributed by atoms with van der Waals surface area (Å²) in [6, 6.07) is 23.3. The smallest absolute Gasteiger partial charge is 0.325 e. The molecule has 3 atom stereocenters. The largest absolute Gasteiger partial charge is 0.326 e. The average Bonchev–Trinajstić information content (AvgIpc) is 2.90. The summed E-state index contributed by atoms with van der Waals surface area (Å²) in [6.07, 6.45) is 8.95. The number of benzene rings is 3. The van der Waals surface area contributed by atoms with Gasteiger partial charge in [0.2, 0.25) is 5.91 Å². The molecule has 0 saturated heterocycles. The molecule has 2 aliphatic rings. The van der Waals surface area contributed by atoms with Crippen LogP contribution in [-0.2, 0) is 4.79 Å². The fourth-order valence-electron chi connectivity index (χ4n) is 4.49. The van der Waals surface area contributed by atoms with E-state index in [1.807, 2.05) is 97.6 Å². The van der Waals surface area contributed by atoms with Crippen LogP contribution in [-0.4, -0.2) is 28.5 Å². The van der Waals surface area contributed by atoms with Crippen molar-refractivity contribution >= 4 is 52.5 Å². The van der Waals surface area contributed by atoms with E-state index >= 15 is 0 Å². The number of anilines is 3. The van der Waals surface area contributed by atoms with E-state index in [9.17, 15) is 9.59 Å². The van der Waals surface area contributed by atoms with Crippen LogP contribution in [0.3, 0.4) is 0 Å². The lowest BCUT2D eigenvalue weighted by molar-refractivity contribution is -0.115. The van der Waals surface area contributed by atoms with Crippen LogP contribution in [0.25, 0.3) is 0 Å². The number of carbonyl (C=O) groups excluding carboxylic acids is 2. The molecule has 188 valence electrons. The molecule has 0 fully saturated rings. The lowest BCUT2D eigenvalue weighted by Crippen LogP contribution is -2.49. The lowest BCUT2D eigenvalue weighted by Gasteiger charge is -2.40. The number of nitrogens with zero attached hydrogens (tertiary/aromatic N) is 1. The van der Waals surface area contributed by atoms with Crippen molar-refractivity contribution in [3.8, 4) is 0 Å². The van der Waals surface area contributed by atoms with Crippen LogP contribution in [0.5, 0.6) is 0 Å². The molecule has 0 radical (unpaired) electrons. The second kappa shape index (κ2) is 11.3. The minimum Gasteiger partial charge on any atom is -0.325 e. The Balaban J connectivity index is 1.30. The highest BCUT2D eigenvalue weighted by Gasteiger charge is 2.36. The summed E-state index contributed by atoms with van der Waals surface area (Å²) in [5.74, 6) is -0.0295. The molecule has 0 bridgehead atoms. The second-order valence-corrected chi connectivity index (χ2v) is 11.5.